The Labute approximate surface area is 191 Å². The Morgan fingerprint density at radius 2 is 1.82 bits per heavy atom. The SMILES string of the molecule is CNC(=O)c1cnc(-n2ncnc2[C@H](C)NC(=O)c2cc(OC(F)F)cc(OC(F)(F)F)c2)s1. The number of benzene rings is 1. The number of thiazole rings is 1. The molecule has 0 fully saturated rings. The van der Waals surface area contributed by atoms with Crippen LogP contribution in [0.5, 0.6) is 11.5 Å². The van der Waals surface area contributed by atoms with Crippen molar-refractivity contribution in [3.63, 3.8) is 0 Å². The van der Waals surface area contributed by atoms with E-state index in [0.717, 1.165) is 23.5 Å². The fraction of sp³-hybridized carbons (Fsp3) is 0.278. The molecule has 2 aromatic heterocycles. The third-order valence-electron chi connectivity index (χ3n) is 4.04. The maximum absolute atomic E-state index is 12.7. The molecule has 0 bridgehead atoms. The molecular formula is C18H15F5N6O4S. The summed E-state index contributed by atoms with van der Waals surface area (Å²) >= 11 is 0.999. The number of aromatic nitrogens is 4. The van der Waals surface area contributed by atoms with Gasteiger partial charge in [-0.05, 0) is 19.1 Å². The van der Waals surface area contributed by atoms with Crippen LogP contribution < -0.4 is 20.1 Å². The minimum atomic E-state index is -5.12. The third kappa shape index (κ3) is 6.15. The normalized spacial score (nSPS) is 12.4. The van der Waals surface area contributed by atoms with E-state index in [1.165, 1.54) is 31.2 Å². The molecule has 2 amide bonds. The molecule has 0 saturated carbocycles. The summed E-state index contributed by atoms with van der Waals surface area (Å²) in [5.41, 5.74) is -0.438. The lowest BCUT2D eigenvalue weighted by Gasteiger charge is -2.16. The summed E-state index contributed by atoms with van der Waals surface area (Å²) in [6, 6.07) is 1.26. The number of carbonyl (C=O) groups excluding carboxylic acids is 2. The fourth-order valence-electron chi connectivity index (χ4n) is 2.69. The molecule has 0 aliphatic carbocycles. The number of nitrogens with one attached hydrogen (secondary N) is 2. The summed E-state index contributed by atoms with van der Waals surface area (Å²) in [6.07, 6.45) is -2.63. The molecule has 3 aromatic rings. The molecule has 0 unspecified atom stereocenters. The van der Waals surface area contributed by atoms with Gasteiger partial charge in [-0.2, -0.15) is 18.6 Å². The Hall–Kier alpha value is -3.82. The van der Waals surface area contributed by atoms with Crippen LogP contribution in [0, 0.1) is 0 Å². The maximum Gasteiger partial charge on any atom is 0.573 e. The number of amides is 2. The summed E-state index contributed by atoms with van der Waals surface area (Å²) in [6.45, 7) is -1.84. The predicted octanol–water partition coefficient (Wildman–Crippen LogP) is 3.07. The Kier molecular flexibility index (Phi) is 7.29. The van der Waals surface area contributed by atoms with Gasteiger partial charge in [0.05, 0.1) is 12.2 Å². The average molecular weight is 506 g/mol. The van der Waals surface area contributed by atoms with Gasteiger partial charge in [-0.3, -0.25) is 9.59 Å². The zero-order chi connectivity index (χ0) is 25.0. The van der Waals surface area contributed by atoms with Crippen molar-refractivity contribution in [1.82, 2.24) is 30.4 Å². The van der Waals surface area contributed by atoms with Crippen molar-refractivity contribution in [3.8, 4) is 16.6 Å². The average Bonchev–Trinajstić information content (AvgIpc) is 3.40. The van der Waals surface area contributed by atoms with Gasteiger partial charge in [0.15, 0.2) is 5.82 Å². The number of hydrogen-bond donors (Lipinski definition) is 2. The number of carbonyl (C=O) groups is 2. The van der Waals surface area contributed by atoms with E-state index >= 15 is 0 Å². The van der Waals surface area contributed by atoms with Crippen molar-refractivity contribution >= 4 is 23.2 Å². The standard InChI is InChI=1S/C18H15F5N6O4S/c1-8(13-26-7-27-29(13)17-25-6-12(34-17)15(31)24-2)28-14(30)9-3-10(32-16(19)20)5-11(4-9)33-18(21,22)23/h3-8,16H,1-2H3,(H,24,31)(H,28,30)/t8-/m0/s1. The van der Waals surface area contributed by atoms with Crippen LogP contribution in [0.25, 0.3) is 5.13 Å². The van der Waals surface area contributed by atoms with Crippen molar-refractivity contribution in [2.24, 2.45) is 0 Å². The Morgan fingerprint density at radius 1 is 1.12 bits per heavy atom. The van der Waals surface area contributed by atoms with Crippen molar-refractivity contribution < 1.29 is 41.0 Å². The highest BCUT2D eigenvalue weighted by atomic mass is 32.1. The predicted molar refractivity (Wildman–Crippen MR) is 106 cm³/mol. The van der Waals surface area contributed by atoms with Crippen LogP contribution in [0.1, 0.15) is 38.8 Å². The second kappa shape index (κ2) is 9.98. The van der Waals surface area contributed by atoms with E-state index in [1.54, 1.807) is 0 Å². The van der Waals surface area contributed by atoms with Gasteiger partial charge in [-0.1, -0.05) is 11.3 Å². The molecule has 0 spiro atoms. The summed E-state index contributed by atoms with van der Waals surface area (Å²) in [4.78, 5) is 32.8. The van der Waals surface area contributed by atoms with E-state index in [-0.39, 0.29) is 16.9 Å². The van der Waals surface area contributed by atoms with Crippen LogP contribution in [0.3, 0.4) is 0 Å². The lowest BCUT2D eigenvalue weighted by atomic mass is 10.1. The highest BCUT2D eigenvalue weighted by Gasteiger charge is 2.32. The van der Waals surface area contributed by atoms with Crippen LogP contribution >= 0.6 is 11.3 Å². The van der Waals surface area contributed by atoms with Gasteiger partial charge >= 0.3 is 13.0 Å². The zero-order valence-corrected chi connectivity index (χ0v) is 18.1. The van der Waals surface area contributed by atoms with Gasteiger partial charge < -0.3 is 20.1 Å². The molecule has 182 valence electrons. The van der Waals surface area contributed by atoms with E-state index in [4.69, 9.17) is 0 Å². The van der Waals surface area contributed by atoms with Crippen molar-refractivity contribution in [2.75, 3.05) is 7.05 Å². The Balaban J connectivity index is 1.83. The Bertz CT molecular complexity index is 1180. The van der Waals surface area contributed by atoms with E-state index < -0.39 is 42.0 Å². The van der Waals surface area contributed by atoms with Crippen molar-refractivity contribution in [1.29, 1.82) is 0 Å². The number of halogens is 5. The molecule has 34 heavy (non-hydrogen) atoms. The minimum absolute atomic E-state index is 0.179. The number of alkyl halides is 5. The molecule has 1 atom stereocenters. The van der Waals surface area contributed by atoms with E-state index in [1.807, 2.05) is 0 Å². The zero-order valence-electron chi connectivity index (χ0n) is 17.3. The van der Waals surface area contributed by atoms with Gasteiger partial charge in [0.1, 0.15) is 22.7 Å². The number of nitrogens with zero attached hydrogens (tertiary/aromatic N) is 4. The van der Waals surface area contributed by atoms with Crippen LogP contribution in [0.15, 0.2) is 30.7 Å². The summed E-state index contributed by atoms with van der Waals surface area (Å²) < 4.78 is 72.0. The van der Waals surface area contributed by atoms with Crippen LogP contribution in [0.4, 0.5) is 22.0 Å². The highest BCUT2D eigenvalue weighted by Crippen LogP contribution is 2.29. The number of rotatable bonds is 8. The lowest BCUT2D eigenvalue weighted by Crippen LogP contribution is -2.29. The molecule has 0 saturated heterocycles. The molecular weight excluding hydrogens is 491 g/mol. The fourth-order valence-corrected chi connectivity index (χ4v) is 3.52. The van der Waals surface area contributed by atoms with E-state index in [2.05, 4.69) is 35.2 Å². The number of ether oxygens (including phenoxy) is 2. The van der Waals surface area contributed by atoms with Gasteiger partial charge in [-0.25, -0.2) is 9.97 Å². The van der Waals surface area contributed by atoms with Gasteiger partial charge in [0, 0.05) is 18.7 Å². The molecule has 2 N–H and O–H groups in total. The number of hydrogen-bond acceptors (Lipinski definition) is 8. The smallest absolute Gasteiger partial charge is 0.435 e. The van der Waals surface area contributed by atoms with Crippen LogP contribution in [0.2, 0.25) is 0 Å². The first kappa shape index (κ1) is 24.8. The van der Waals surface area contributed by atoms with E-state index in [9.17, 15) is 31.5 Å². The first-order valence-electron chi connectivity index (χ1n) is 9.21. The largest absolute Gasteiger partial charge is 0.573 e. The Morgan fingerprint density at radius 3 is 2.47 bits per heavy atom. The molecule has 0 aliphatic heterocycles. The third-order valence-corrected chi connectivity index (χ3v) is 5.01. The summed E-state index contributed by atoms with van der Waals surface area (Å²) in [5.74, 6) is -2.75. The van der Waals surface area contributed by atoms with Crippen LogP contribution in [-0.4, -0.2) is 51.6 Å². The van der Waals surface area contributed by atoms with Gasteiger partial charge in [0.2, 0.25) is 5.13 Å². The van der Waals surface area contributed by atoms with Crippen molar-refractivity contribution in [3.05, 3.63) is 47.0 Å². The summed E-state index contributed by atoms with van der Waals surface area (Å²) in [7, 11) is 1.45. The summed E-state index contributed by atoms with van der Waals surface area (Å²) in [5, 5.41) is 9.20. The highest BCUT2D eigenvalue weighted by molar-refractivity contribution is 7.16. The quantitative estimate of drug-likeness (QED) is 0.451. The molecule has 0 aliphatic rings. The van der Waals surface area contributed by atoms with Crippen LogP contribution in [-0.2, 0) is 0 Å². The monoisotopic (exact) mass is 506 g/mol. The second-order valence-corrected chi connectivity index (χ2v) is 7.44. The lowest BCUT2D eigenvalue weighted by molar-refractivity contribution is -0.274. The first-order valence-corrected chi connectivity index (χ1v) is 10.0. The molecule has 1 aromatic carbocycles. The maximum atomic E-state index is 12.7. The second-order valence-electron chi connectivity index (χ2n) is 6.43. The molecule has 2 heterocycles. The molecule has 0 radical (unpaired) electrons. The van der Waals surface area contributed by atoms with E-state index in [0.29, 0.717) is 10.9 Å². The van der Waals surface area contributed by atoms with Gasteiger partial charge in [0.25, 0.3) is 11.8 Å². The molecule has 10 nitrogen and oxygen atoms in total. The topological polar surface area (TPSA) is 120 Å². The van der Waals surface area contributed by atoms with Gasteiger partial charge in [-0.15, -0.1) is 13.2 Å². The van der Waals surface area contributed by atoms with Crippen molar-refractivity contribution in [2.45, 2.75) is 25.9 Å². The molecule has 3 rings (SSSR count). The first-order chi connectivity index (χ1) is 16.0. The molecule has 16 heteroatoms. The minimum Gasteiger partial charge on any atom is -0.435 e.